The zero-order chi connectivity index (χ0) is 26.9. The minimum absolute atomic E-state index is 0.487. The van der Waals surface area contributed by atoms with Crippen LogP contribution in [0, 0.1) is 18.3 Å². The number of fused-ring (bicyclic) bond motifs is 1. The van der Waals surface area contributed by atoms with Gasteiger partial charge in [0.1, 0.15) is 6.07 Å². The molecule has 1 N–H and O–H groups in total. The Hall–Kier alpha value is -2.47. The topological polar surface area (TPSA) is 55.2 Å². The van der Waals surface area contributed by atoms with E-state index in [0.717, 1.165) is 50.5 Å². The number of likely N-dealkylation sites (tertiary alicyclic amines) is 2. The molecule has 2 fully saturated rings. The van der Waals surface area contributed by atoms with Gasteiger partial charge >= 0.3 is 0 Å². The van der Waals surface area contributed by atoms with E-state index in [0.29, 0.717) is 10.6 Å². The predicted molar refractivity (Wildman–Crippen MR) is 166 cm³/mol. The summed E-state index contributed by atoms with van der Waals surface area (Å²) in [5.74, 6) is 0. The molecule has 0 radical (unpaired) electrons. The van der Waals surface area contributed by atoms with Crippen LogP contribution in [0.15, 0.2) is 53.1 Å². The highest BCUT2D eigenvalue weighted by Crippen LogP contribution is 2.38. The van der Waals surface area contributed by atoms with Crippen molar-refractivity contribution in [3.63, 3.8) is 0 Å². The van der Waals surface area contributed by atoms with Crippen molar-refractivity contribution in [1.29, 1.82) is 5.26 Å². The molecule has 0 amide bonds. The van der Waals surface area contributed by atoms with E-state index in [2.05, 4.69) is 72.4 Å². The molecule has 200 valence electrons. The van der Waals surface area contributed by atoms with Gasteiger partial charge < -0.3 is 10.2 Å². The molecule has 0 atom stereocenters. The summed E-state index contributed by atoms with van der Waals surface area (Å²) < 4.78 is 0.919. The summed E-state index contributed by atoms with van der Waals surface area (Å²) in [5.41, 5.74) is 4.99. The fraction of sp³-hybridized carbons (Fsp3) is 0.355. The quantitative estimate of drug-likeness (QED) is 0.235. The van der Waals surface area contributed by atoms with Gasteiger partial charge in [0.2, 0.25) is 0 Å². The zero-order valence-electron chi connectivity index (χ0n) is 22.0. The monoisotopic (exact) mass is 619 g/mol. The molecule has 2 saturated heterocycles. The van der Waals surface area contributed by atoms with Crippen molar-refractivity contribution in [3.05, 3.63) is 74.2 Å². The summed E-state index contributed by atoms with van der Waals surface area (Å²) in [6, 6.07) is 17.7. The van der Waals surface area contributed by atoms with Gasteiger partial charge in [-0.05, 0) is 87.2 Å². The summed E-state index contributed by atoms with van der Waals surface area (Å²) >= 11 is 11.9. The third-order valence-corrected chi connectivity index (χ3v) is 9.91. The summed E-state index contributed by atoms with van der Waals surface area (Å²) in [5, 5.41) is 14.7. The minimum atomic E-state index is 0.487. The van der Waals surface area contributed by atoms with Crippen LogP contribution in [0.4, 0.5) is 11.4 Å². The van der Waals surface area contributed by atoms with Gasteiger partial charge in [-0.3, -0.25) is 9.88 Å². The van der Waals surface area contributed by atoms with E-state index in [-0.39, 0.29) is 0 Å². The number of rotatable bonds is 6. The van der Waals surface area contributed by atoms with Crippen molar-refractivity contribution in [3.8, 4) is 16.5 Å². The SMILES string of the molecule is Cc1cc(Br)cc(Cl)c1Nc1c(C#N)cnc2cc(-c3ccc(CN4CCC(N5CCCC5)CC4)s3)ccc12. The van der Waals surface area contributed by atoms with Crippen LogP contribution in [0.5, 0.6) is 0 Å². The Bertz CT molecular complexity index is 1520. The van der Waals surface area contributed by atoms with Crippen LogP contribution in [0.2, 0.25) is 5.02 Å². The summed E-state index contributed by atoms with van der Waals surface area (Å²) in [6.45, 7) is 7.99. The first-order valence-corrected chi connectivity index (χ1v) is 15.6. The lowest BCUT2D eigenvalue weighted by molar-refractivity contribution is 0.123. The van der Waals surface area contributed by atoms with Gasteiger partial charge in [0.25, 0.3) is 0 Å². The van der Waals surface area contributed by atoms with Gasteiger partial charge in [0.15, 0.2) is 0 Å². The second kappa shape index (κ2) is 11.6. The largest absolute Gasteiger partial charge is 0.352 e. The first-order chi connectivity index (χ1) is 19.0. The van der Waals surface area contributed by atoms with Gasteiger partial charge in [-0.25, -0.2) is 0 Å². The molecular weight excluding hydrogens is 590 g/mol. The van der Waals surface area contributed by atoms with Crippen molar-refractivity contribution >= 4 is 61.1 Å². The molecule has 2 aromatic heterocycles. The number of anilines is 2. The van der Waals surface area contributed by atoms with Crippen LogP contribution in [0.25, 0.3) is 21.3 Å². The Morgan fingerprint density at radius 2 is 1.87 bits per heavy atom. The van der Waals surface area contributed by atoms with Gasteiger partial charge in [0, 0.05) is 51.5 Å². The average molecular weight is 621 g/mol. The molecule has 2 aliphatic rings. The van der Waals surface area contributed by atoms with E-state index in [1.807, 2.05) is 30.4 Å². The van der Waals surface area contributed by atoms with Crippen molar-refractivity contribution in [2.45, 2.75) is 45.2 Å². The van der Waals surface area contributed by atoms with Crippen LogP contribution in [0.3, 0.4) is 0 Å². The molecule has 0 spiro atoms. The predicted octanol–water partition coefficient (Wildman–Crippen LogP) is 8.36. The van der Waals surface area contributed by atoms with Crippen molar-refractivity contribution in [1.82, 2.24) is 14.8 Å². The van der Waals surface area contributed by atoms with E-state index in [9.17, 15) is 5.26 Å². The van der Waals surface area contributed by atoms with Crippen LogP contribution < -0.4 is 5.32 Å². The zero-order valence-corrected chi connectivity index (χ0v) is 25.2. The van der Waals surface area contributed by atoms with E-state index in [1.165, 1.54) is 61.6 Å². The van der Waals surface area contributed by atoms with Crippen molar-refractivity contribution < 1.29 is 0 Å². The number of aryl methyl sites for hydroxylation is 1. The molecule has 4 aromatic rings. The van der Waals surface area contributed by atoms with Gasteiger partial charge in [-0.15, -0.1) is 11.3 Å². The van der Waals surface area contributed by atoms with Crippen molar-refractivity contribution in [2.75, 3.05) is 31.5 Å². The van der Waals surface area contributed by atoms with Crippen molar-refractivity contribution in [2.24, 2.45) is 0 Å². The number of hydrogen-bond donors (Lipinski definition) is 1. The number of nitriles is 1. The van der Waals surface area contributed by atoms with Crippen LogP contribution in [-0.4, -0.2) is 47.0 Å². The number of piperidine rings is 1. The number of nitrogens with zero attached hydrogens (tertiary/aromatic N) is 4. The Labute approximate surface area is 247 Å². The Morgan fingerprint density at radius 3 is 2.62 bits per heavy atom. The third kappa shape index (κ3) is 5.73. The highest BCUT2D eigenvalue weighted by molar-refractivity contribution is 9.10. The number of hydrogen-bond acceptors (Lipinski definition) is 6. The fourth-order valence-electron chi connectivity index (χ4n) is 5.94. The summed E-state index contributed by atoms with van der Waals surface area (Å²) in [7, 11) is 0. The number of benzene rings is 2. The van der Waals surface area contributed by atoms with E-state index in [4.69, 9.17) is 11.6 Å². The number of nitrogens with one attached hydrogen (secondary N) is 1. The lowest BCUT2D eigenvalue weighted by Gasteiger charge is -2.36. The summed E-state index contributed by atoms with van der Waals surface area (Å²) in [6.07, 6.45) is 6.97. The Kier molecular flexibility index (Phi) is 7.93. The van der Waals surface area contributed by atoms with Crippen LogP contribution in [-0.2, 0) is 6.54 Å². The van der Waals surface area contributed by atoms with Gasteiger partial charge in [-0.1, -0.05) is 39.7 Å². The fourth-order valence-corrected chi connectivity index (χ4v) is 8.00. The second-order valence-electron chi connectivity index (χ2n) is 10.6. The maximum Gasteiger partial charge on any atom is 0.103 e. The Morgan fingerprint density at radius 1 is 1.08 bits per heavy atom. The molecular formula is C31H31BrClN5S. The molecule has 39 heavy (non-hydrogen) atoms. The number of thiophene rings is 1. The van der Waals surface area contributed by atoms with Gasteiger partial charge in [0.05, 0.1) is 27.5 Å². The standard InChI is InChI=1S/C31H31BrClN5S/c1-20-14-23(32)16-27(33)30(20)36-31-22(17-34)18-35-28-15-21(4-6-26(28)31)29-7-5-25(39-29)19-37-12-8-24(9-13-37)38-10-2-3-11-38/h4-7,14-16,18,24H,2-3,8-13,19H2,1H3,(H,35,36). The average Bonchev–Trinajstić information content (AvgIpc) is 3.64. The second-order valence-corrected chi connectivity index (χ2v) is 13.1. The molecule has 0 unspecified atom stereocenters. The normalized spacial score (nSPS) is 17.1. The lowest BCUT2D eigenvalue weighted by Crippen LogP contribution is -2.43. The van der Waals surface area contributed by atoms with Crippen LogP contribution in [0.1, 0.15) is 41.7 Å². The molecule has 2 aromatic carbocycles. The van der Waals surface area contributed by atoms with E-state index in [1.54, 1.807) is 6.20 Å². The smallest absolute Gasteiger partial charge is 0.103 e. The Balaban J connectivity index is 1.20. The highest BCUT2D eigenvalue weighted by atomic mass is 79.9. The van der Waals surface area contributed by atoms with Crippen LogP contribution >= 0.6 is 38.9 Å². The molecule has 4 heterocycles. The molecule has 5 nitrogen and oxygen atoms in total. The van der Waals surface area contributed by atoms with Gasteiger partial charge in [-0.2, -0.15) is 5.26 Å². The maximum absolute atomic E-state index is 9.80. The highest BCUT2D eigenvalue weighted by Gasteiger charge is 2.26. The molecule has 0 saturated carbocycles. The lowest BCUT2D eigenvalue weighted by atomic mass is 10.0. The molecule has 6 rings (SSSR count). The van der Waals surface area contributed by atoms with E-state index < -0.39 is 0 Å². The molecule has 0 bridgehead atoms. The molecule has 2 aliphatic heterocycles. The molecule has 0 aliphatic carbocycles. The molecule has 8 heteroatoms. The third-order valence-electron chi connectivity index (χ3n) is 8.03. The van der Waals surface area contributed by atoms with E-state index >= 15 is 0 Å². The first-order valence-electron chi connectivity index (χ1n) is 13.6. The maximum atomic E-state index is 9.80. The number of halogens is 2. The first kappa shape index (κ1) is 26.7. The number of aromatic nitrogens is 1. The number of pyridine rings is 1. The summed E-state index contributed by atoms with van der Waals surface area (Å²) in [4.78, 5) is 12.6. The minimum Gasteiger partial charge on any atom is -0.352 e.